The van der Waals surface area contributed by atoms with Crippen LogP contribution in [-0.4, -0.2) is 42.1 Å². The number of anilines is 2. The number of ether oxygens (including phenoxy) is 1. The smallest absolute Gasteiger partial charge is 0.319 e. The van der Waals surface area contributed by atoms with Crippen molar-refractivity contribution >= 4 is 35.2 Å². The number of benzene rings is 3. The molecule has 0 aliphatic carbocycles. The largest absolute Gasteiger partial charge is 0.497 e. The van der Waals surface area contributed by atoms with E-state index in [1.165, 1.54) is 12.0 Å². The number of carbonyl (C=O) groups is 4. The van der Waals surface area contributed by atoms with Crippen molar-refractivity contribution in [3.63, 3.8) is 0 Å². The Balaban J connectivity index is 2.15. The maximum Gasteiger partial charge on any atom is 0.319 e. The van der Waals surface area contributed by atoms with E-state index in [2.05, 4.69) is 10.6 Å². The molecule has 0 heterocycles. The van der Waals surface area contributed by atoms with Crippen LogP contribution in [0.25, 0.3) is 0 Å². The Kier molecular flexibility index (Phi) is 9.86. The summed E-state index contributed by atoms with van der Waals surface area (Å²) in [6.07, 6.45) is -0.631. The molecule has 0 spiro atoms. The zero-order chi connectivity index (χ0) is 29.3. The number of methoxy groups -OCH3 is 1. The Morgan fingerprint density at radius 3 is 2.00 bits per heavy atom. The number of hydrogen-bond acceptors (Lipinski definition) is 5. The number of rotatable bonds is 12. The first-order chi connectivity index (χ1) is 19.1. The molecule has 5 N–H and O–H groups in total. The summed E-state index contributed by atoms with van der Waals surface area (Å²) in [5, 5.41) is 14.7. The molecule has 10 heteroatoms. The van der Waals surface area contributed by atoms with Gasteiger partial charge in [0, 0.05) is 17.8 Å². The van der Waals surface area contributed by atoms with Gasteiger partial charge in [-0.05, 0) is 54.3 Å². The van der Waals surface area contributed by atoms with Gasteiger partial charge < -0.3 is 26.2 Å². The number of para-hydroxylation sites is 2. The van der Waals surface area contributed by atoms with Gasteiger partial charge in [0.05, 0.1) is 7.11 Å². The van der Waals surface area contributed by atoms with E-state index in [1.54, 1.807) is 98.8 Å². The lowest BCUT2D eigenvalue weighted by atomic mass is 9.76. The fourth-order valence-electron chi connectivity index (χ4n) is 4.71. The summed E-state index contributed by atoms with van der Waals surface area (Å²) < 4.78 is 5.27. The number of primary amides is 1. The molecule has 0 saturated heterocycles. The molecule has 0 aliphatic heterocycles. The van der Waals surface area contributed by atoms with E-state index < -0.39 is 47.7 Å². The first kappa shape index (κ1) is 29.7. The molecule has 0 radical (unpaired) electrons. The first-order valence-electron chi connectivity index (χ1n) is 12.8. The number of carbonyl (C=O) groups excluding carboxylic acids is 3. The van der Waals surface area contributed by atoms with E-state index in [4.69, 9.17) is 10.5 Å². The number of carboxylic acids is 1. The summed E-state index contributed by atoms with van der Waals surface area (Å²) in [5.74, 6) is -2.63. The van der Waals surface area contributed by atoms with Gasteiger partial charge in [-0.3, -0.25) is 19.3 Å². The van der Waals surface area contributed by atoms with Crippen LogP contribution in [0.15, 0.2) is 84.9 Å². The topological polar surface area (TPSA) is 151 Å². The van der Waals surface area contributed by atoms with Crippen molar-refractivity contribution in [3.05, 3.63) is 90.5 Å². The highest BCUT2D eigenvalue weighted by atomic mass is 16.5. The van der Waals surface area contributed by atoms with Crippen LogP contribution in [0.4, 0.5) is 16.2 Å². The van der Waals surface area contributed by atoms with Crippen molar-refractivity contribution in [1.82, 2.24) is 5.32 Å². The lowest BCUT2D eigenvalue weighted by Crippen LogP contribution is -2.64. The van der Waals surface area contributed by atoms with E-state index >= 15 is 0 Å². The standard InChI is InChI=1S/C30H34N4O6/c1-20(2)30(28(31)38,21-14-16-24(40-3)17-15-21)34(23-12-8-5-9-13-23)27(37)25(18-19-26(35)36)33-29(39)32-22-10-6-4-7-11-22/h4-17,20,25H,18-19H2,1-3H3,(H2,31,38)(H,35,36)(H2,32,33,39)/t25-,30?/m0/s1. The maximum absolute atomic E-state index is 14.5. The molecule has 3 aromatic carbocycles. The van der Waals surface area contributed by atoms with Crippen LogP contribution >= 0.6 is 0 Å². The van der Waals surface area contributed by atoms with Crippen LogP contribution in [0.3, 0.4) is 0 Å². The molecule has 210 valence electrons. The van der Waals surface area contributed by atoms with Gasteiger partial charge in [-0.1, -0.05) is 62.4 Å². The fourth-order valence-corrected chi connectivity index (χ4v) is 4.71. The molecular formula is C30H34N4O6. The van der Waals surface area contributed by atoms with E-state index in [1.807, 2.05) is 0 Å². The van der Waals surface area contributed by atoms with Gasteiger partial charge in [-0.2, -0.15) is 0 Å². The number of urea groups is 1. The van der Waals surface area contributed by atoms with Crippen molar-refractivity contribution in [2.45, 2.75) is 38.3 Å². The lowest BCUT2D eigenvalue weighted by molar-refractivity contribution is -0.137. The SMILES string of the molecule is COc1ccc(C(C(N)=O)(C(C)C)N(C(=O)[C@H](CCC(=O)O)NC(=O)Nc2ccccc2)c2ccccc2)cc1. The number of nitrogens with zero attached hydrogens (tertiary/aromatic N) is 1. The Morgan fingerprint density at radius 1 is 0.925 bits per heavy atom. The number of amides is 4. The van der Waals surface area contributed by atoms with Crippen molar-refractivity contribution in [2.75, 3.05) is 17.3 Å². The molecule has 0 aromatic heterocycles. The summed E-state index contributed by atoms with van der Waals surface area (Å²) in [4.78, 5) is 53.7. The molecule has 3 rings (SSSR count). The van der Waals surface area contributed by atoms with E-state index in [0.29, 0.717) is 22.7 Å². The third kappa shape index (κ3) is 6.58. The maximum atomic E-state index is 14.5. The highest BCUT2D eigenvalue weighted by molar-refractivity contribution is 6.07. The third-order valence-electron chi connectivity index (χ3n) is 6.61. The van der Waals surface area contributed by atoms with E-state index in [0.717, 1.165) is 0 Å². The van der Waals surface area contributed by atoms with E-state index in [-0.39, 0.29) is 6.42 Å². The van der Waals surface area contributed by atoms with Gasteiger partial charge in [0.15, 0.2) is 5.54 Å². The van der Waals surface area contributed by atoms with Gasteiger partial charge in [0.2, 0.25) is 5.91 Å². The number of carboxylic acid groups (broad SMARTS) is 1. The molecular weight excluding hydrogens is 512 g/mol. The summed E-state index contributed by atoms with van der Waals surface area (Å²) in [7, 11) is 1.51. The van der Waals surface area contributed by atoms with Crippen LogP contribution in [0.5, 0.6) is 5.75 Å². The predicted molar refractivity (Wildman–Crippen MR) is 152 cm³/mol. The average Bonchev–Trinajstić information content (AvgIpc) is 2.94. The second kappa shape index (κ2) is 13.3. The zero-order valence-corrected chi connectivity index (χ0v) is 22.7. The minimum Gasteiger partial charge on any atom is -0.497 e. The molecule has 10 nitrogen and oxygen atoms in total. The second-order valence-electron chi connectivity index (χ2n) is 9.47. The summed E-state index contributed by atoms with van der Waals surface area (Å²) in [6.45, 7) is 3.53. The third-order valence-corrected chi connectivity index (χ3v) is 6.61. The van der Waals surface area contributed by atoms with Gasteiger partial charge >= 0.3 is 12.0 Å². The van der Waals surface area contributed by atoms with Crippen LogP contribution < -0.4 is 26.0 Å². The fraction of sp³-hybridized carbons (Fsp3) is 0.267. The molecule has 4 amide bonds. The molecule has 3 aromatic rings. The van der Waals surface area contributed by atoms with Crippen LogP contribution in [-0.2, 0) is 19.9 Å². The molecule has 40 heavy (non-hydrogen) atoms. The zero-order valence-electron chi connectivity index (χ0n) is 22.7. The quantitative estimate of drug-likeness (QED) is 0.268. The number of nitrogens with two attached hydrogens (primary N) is 1. The summed E-state index contributed by atoms with van der Waals surface area (Å²) in [6, 6.07) is 21.7. The predicted octanol–water partition coefficient (Wildman–Crippen LogP) is 4.12. The van der Waals surface area contributed by atoms with Gasteiger partial charge in [-0.15, -0.1) is 0 Å². The molecule has 0 bridgehead atoms. The molecule has 1 unspecified atom stereocenters. The second-order valence-corrected chi connectivity index (χ2v) is 9.47. The van der Waals surface area contributed by atoms with E-state index in [9.17, 15) is 24.3 Å². The number of aliphatic carboxylic acids is 1. The van der Waals surface area contributed by atoms with Gasteiger partial charge in [-0.25, -0.2) is 4.79 Å². The molecule has 2 atom stereocenters. The van der Waals surface area contributed by atoms with Gasteiger partial charge in [0.1, 0.15) is 11.8 Å². The van der Waals surface area contributed by atoms with Crippen LogP contribution in [0.1, 0.15) is 32.3 Å². The number of hydrogen-bond donors (Lipinski definition) is 4. The van der Waals surface area contributed by atoms with Crippen molar-refractivity contribution in [2.24, 2.45) is 11.7 Å². The lowest BCUT2D eigenvalue weighted by Gasteiger charge is -2.46. The molecule has 0 aliphatic rings. The van der Waals surface area contributed by atoms with Crippen molar-refractivity contribution in [3.8, 4) is 5.75 Å². The Bertz CT molecular complexity index is 1320. The van der Waals surface area contributed by atoms with Gasteiger partial charge in [0.25, 0.3) is 5.91 Å². The highest BCUT2D eigenvalue weighted by Gasteiger charge is 2.51. The minimum absolute atomic E-state index is 0.227. The highest BCUT2D eigenvalue weighted by Crippen LogP contribution is 2.41. The minimum atomic E-state index is -1.70. The van der Waals surface area contributed by atoms with Crippen molar-refractivity contribution < 1.29 is 29.0 Å². The molecule has 0 saturated carbocycles. The first-order valence-corrected chi connectivity index (χ1v) is 12.8. The van der Waals surface area contributed by atoms with Crippen LogP contribution in [0.2, 0.25) is 0 Å². The van der Waals surface area contributed by atoms with Crippen LogP contribution in [0, 0.1) is 5.92 Å². The Morgan fingerprint density at radius 2 is 1.50 bits per heavy atom. The summed E-state index contributed by atoms with van der Waals surface area (Å²) >= 11 is 0. The summed E-state index contributed by atoms with van der Waals surface area (Å²) in [5.41, 5.74) is 5.68. The number of nitrogens with one attached hydrogen (secondary N) is 2. The average molecular weight is 547 g/mol. The Hall–Kier alpha value is -4.86. The van der Waals surface area contributed by atoms with Crippen molar-refractivity contribution in [1.29, 1.82) is 0 Å². The normalized spacial score (nSPS) is 13.0. The molecule has 0 fully saturated rings. The monoisotopic (exact) mass is 546 g/mol. The Labute approximate surface area is 233 Å².